The van der Waals surface area contributed by atoms with Crippen molar-refractivity contribution in [2.24, 2.45) is 0 Å². The minimum atomic E-state index is 1.16. The average molecular weight is 342 g/mol. The Morgan fingerprint density at radius 3 is 1.42 bits per heavy atom. The first-order valence-corrected chi connectivity index (χ1v) is 10.1. The maximum atomic E-state index is 3.00. The highest BCUT2D eigenvalue weighted by molar-refractivity contribution is 5.21. The topological polar surface area (TPSA) is 3.24 Å². The fourth-order valence-corrected chi connectivity index (χ4v) is 1.73. The van der Waals surface area contributed by atoms with Crippen LogP contribution in [0.15, 0.2) is 36.5 Å². The van der Waals surface area contributed by atoms with Gasteiger partial charge in [-0.25, -0.2) is 0 Å². The van der Waals surface area contributed by atoms with Crippen LogP contribution in [0.4, 0.5) is 0 Å². The normalized spacial score (nSPS) is 10.0. The van der Waals surface area contributed by atoms with Gasteiger partial charge in [-0.05, 0) is 59.7 Å². The summed E-state index contributed by atoms with van der Waals surface area (Å²) < 4.78 is 0. The van der Waals surface area contributed by atoms with Gasteiger partial charge >= 0.3 is 0 Å². The summed E-state index contributed by atoms with van der Waals surface area (Å²) in [5, 5.41) is 0. The molecule has 0 unspecified atom stereocenters. The Kier molecular flexibility index (Phi) is 54.6. The van der Waals surface area contributed by atoms with E-state index in [0.717, 1.165) is 6.42 Å². The molecule has 0 radical (unpaired) electrons. The molecular formula is C23H51N. The lowest BCUT2D eigenvalue weighted by Crippen LogP contribution is -2.24. The molecule has 0 aliphatic heterocycles. The van der Waals surface area contributed by atoms with Crippen molar-refractivity contribution < 1.29 is 0 Å². The minimum absolute atomic E-state index is 1.16. The number of nitrogens with zero attached hydrogens (tertiary/aromatic N) is 1. The molecule has 1 heteroatoms. The molecule has 0 amide bonds. The summed E-state index contributed by atoms with van der Waals surface area (Å²) in [5.41, 5.74) is 2.88. The molecule has 0 bridgehead atoms. The molecule has 0 heterocycles. The van der Waals surface area contributed by atoms with Crippen molar-refractivity contribution in [1.29, 1.82) is 0 Å². The second-order valence-corrected chi connectivity index (χ2v) is 4.75. The second kappa shape index (κ2) is 38.0. The SMILES string of the molecule is C/C=C\C(C)=C(\C)CC.C=C.CC.CC.CCCN(CC)CCC. The smallest absolute Gasteiger partial charge is 0.00215 e. The second-order valence-electron chi connectivity index (χ2n) is 4.75. The van der Waals surface area contributed by atoms with Gasteiger partial charge in [-0.1, -0.05) is 78.7 Å². The Balaban J connectivity index is -0.0000000762. The van der Waals surface area contributed by atoms with Gasteiger partial charge in [0.25, 0.3) is 0 Å². The maximum Gasteiger partial charge on any atom is -0.00215 e. The van der Waals surface area contributed by atoms with E-state index in [1.165, 1.54) is 43.6 Å². The maximum absolute atomic E-state index is 3.00. The van der Waals surface area contributed by atoms with Crippen molar-refractivity contribution in [3.63, 3.8) is 0 Å². The zero-order valence-electron chi connectivity index (χ0n) is 19.3. The average Bonchev–Trinajstić information content (AvgIpc) is 2.66. The predicted molar refractivity (Wildman–Crippen MR) is 120 cm³/mol. The van der Waals surface area contributed by atoms with E-state index in [4.69, 9.17) is 0 Å². The van der Waals surface area contributed by atoms with Crippen LogP contribution in [0.5, 0.6) is 0 Å². The van der Waals surface area contributed by atoms with E-state index >= 15 is 0 Å². The van der Waals surface area contributed by atoms with Crippen LogP contribution in [0.25, 0.3) is 0 Å². The van der Waals surface area contributed by atoms with E-state index in [9.17, 15) is 0 Å². The molecular weight excluding hydrogens is 290 g/mol. The first-order valence-electron chi connectivity index (χ1n) is 10.1. The van der Waals surface area contributed by atoms with Crippen molar-refractivity contribution in [2.75, 3.05) is 19.6 Å². The molecule has 0 aromatic heterocycles. The summed E-state index contributed by atoms with van der Waals surface area (Å²) in [5.74, 6) is 0. The Morgan fingerprint density at radius 2 is 1.21 bits per heavy atom. The quantitative estimate of drug-likeness (QED) is 0.332. The number of allylic oxidation sites excluding steroid dienone is 4. The van der Waals surface area contributed by atoms with Crippen molar-refractivity contribution in [3.05, 3.63) is 36.5 Å². The third kappa shape index (κ3) is 32.9. The number of hydrogen-bond donors (Lipinski definition) is 0. The summed E-state index contributed by atoms with van der Waals surface area (Å²) in [7, 11) is 0. The van der Waals surface area contributed by atoms with Gasteiger partial charge in [0.15, 0.2) is 0 Å². The van der Waals surface area contributed by atoms with Crippen LogP contribution in [-0.4, -0.2) is 24.5 Å². The minimum Gasteiger partial charge on any atom is -0.304 e. The van der Waals surface area contributed by atoms with Crippen molar-refractivity contribution in [3.8, 4) is 0 Å². The van der Waals surface area contributed by atoms with E-state index in [-0.39, 0.29) is 0 Å². The molecule has 0 saturated carbocycles. The lowest BCUT2D eigenvalue weighted by Gasteiger charge is -2.17. The first-order chi connectivity index (χ1) is 11.6. The molecule has 0 rings (SSSR count). The van der Waals surface area contributed by atoms with E-state index < -0.39 is 0 Å². The molecule has 0 aromatic rings. The highest BCUT2D eigenvalue weighted by atomic mass is 15.1. The van der Waals surface area contributed by atoms with Gasteiger partial charge in [0.05, 0.1) is 0 Å². The standard InChI is InChI=1S/C9H16.C8H19N.2C2H6.C2H4/c1-5-7-9(4)8(3)6-2;1-4-7-9(6-3)8-5-2;3*1-2/h5,7H,6H2,1-4H3;4-8H2,1-3H3;2*1-2H3;1-2H2/b7-5-,9-8-;;;;. The van der Waals surface area contributed by atoms with E-state index in [0.29, 0.717) is 0 Å². The van der Waals surface area contributed by atoms with Crippen molar-refractivity contribution in [2.45, 2.75) is 95.4 Å². The van der Waals surface area contributed by atoms with E-state index in [1.54, 1.807) is 0 Å². The molecule has 24 heavy (non-hydrogen) atoms. The largest absolute Gasteiger partial charge is 0.304 e. The van der Waals surface area contributed by atoms with Gasteiger partial charge in [0.1, 0.15) is 0 Å². The van der Waals surface area contributed by atoms with Gasteiger partial charge < -0.3 is 4.90 Å². The lowest BCUT2D eigenvalue weighted by atomic mass is 10.1. The van der Waals surface area contributed by atoms with Crippen LogP contribution in [0.1, 0.15) is 95.4 Å². The summed E-state index contributed by atoms with van der Waals surface area (Å²) >= 11 is 0. The highest BCUT2D eigenvalue weighted by Crippen LogP contribution is 2.07. The van der Waals surface area contributed by atoms with Crippen LogP contribution in [-0.2, 0) is 0 Å². The molecule has 0 saturated heterocycles. The van der Waals surface area contributed by atoms with Gasteiger partial charge in [0.2, 0.25) is 0 Å². The van der Waals surface area contributed by atoms with E-state index in [2.05, 4.69) is 71.8 Å². The zero-order valence-corrected chi connectivity index (χ0v) is 19.3. The molecule has 0 spiro atoms. The van der Waals surface area contributed by atoms with Crippen LogP contribution in [0.3, 0.4) is 0 Å². The molecule has 148 valence electrons. The summed E-state index contributed by atoms with van der Waals surface area (Å²) in [6.07, 6.45) is 7.96. The monoisotopic (exact) mass is 341 g/mol. The zero-order chi connectivity index (χ0) is 20.4. The first kappa shape index (κ1) is 34.5. The summed E-state index contributed by atoms with van der Waals surface area (Å²) in [6, 6.07) is 0. The predicted octanol–water partition coefficient (Wildman–Crippen LogP) is 8.29. The van der Waals surface area contributed by atoms with Gasteiger partial charge in [-0.3, -0.25) is 0 Å². The Morgan fingerprint density at radius 1 is 0.833 bits per heavy atom. The molecule has 0 N–H and O–H groups in total. The Labute approximate surface area is 156 Å². The molecule has 0 aliphatic rings. The fourth-order valence-electron chi connectivity index (χ4n) is 1.73. The fraction of sp³-hybridized carbons (Fsp3) is 0.739. The summed E-state index contributed by atoms with van der Waals surface area (Å²) in [4.78, 5) is 2.49. The van der Waals surface area contributed by atoms with Crippen LogP contribution < -0.4 is 0 Å². The van der Waals surface area contributed by atoms with Gasteiger partial charge in [0, 0.05) is 0 Å². The van der Waals surface area contributed by atoms with Crippen LogP contribution in [0, 0.1) is 0 Å². The molecule has 0 aliphatic carbocycles. The van der Waals surface area contributed by atoms with Gasteiger partial charge in [-0.2, -0.15) is 0 Å². The lowest BCUT2D eigenvalue weighted by molar-refractivity contribution is 0.289. The molecule has 0 atom stereocenters. The highest BCUT2D eigenvalue weighted by Gasteiger charge is 1.95. The number of hydrogen-bond acceptors (Lipinski definition) is 1. The van der Waals surface area contributed by atoms with E-state index in [1.807, 2.05) is 34.6 Å². The third-order valence-corrected chi connectivity index (χ3v) is 3.15. The van der Waals surface area contributed by atoms with Crippen molar-refractivity contribution >= 4 is 0 Å². The molecule has 0 aromatic carbocycles. The van der Waals surface area contributed by atoms with Crippen LogP contribution in [0.2, 0.25) is 0 Å². The summed E-state index contributed by atoms with van der Waals surface area (Å²) in [6.45, 7) is 33.0. The van der Waals surface area contributed by atoms with Gasteiger partial charge in [-0.15, -0.1) is 13.2 Å². The number of rotatable bonds is 7. The Hall–Kier alpha value is -0.820. The van der Waals surface area contributed by atoms with Crippen LogP contribution >= 0.6 is 0 Å². The molecule has 0 fully saturated rings. The van der Waals surface area contributed by atoms with Crippen molar-refractivity contribution in [1.82, 2.24) is 4.90 Å². The molecule has 1 nitrogen and oxygen atoms in total. The Bertz CT molecular complexity index is 232. The third-order valence-electron chi connectivity index (χ3n) is 3.15.